The van der Waals surface area contributed by atoms with Gasteiger partial charge in [-0.1, -0.05) is 12.1 Å². The molecule has 0 amide bonds. The Morgan fingerprint density at radius 1 is 1.07 bits per heavy atom. The normalized spacial score (nSPS) is 10.3. The highest BCUT2D eigenvalue weighted by atomic mass is 16.5. The van der Waals surface area contributed by atoms with Crippen molar-refractivity contribution in [2.75, 3.05) is 7.11 Å². The van der Waals surface area contributed by atoms with E-state index >= 15 is 0 Å². The summed E-state index contributed by atoms with van der Waals surface area (Å²) in [5.74, 6) is 2.84. The van der Waals surface area contributed by atoms with Crippen LogP contribution in [-0.2, 0) is 6.42 Å². The average Bonchev–Trinajstić information content (AvgIpc) is 2.65. The Labute approximate surface area is 89.5 Å². The van der Waals surface area contributed by atoms with Crippen molar-refractivity contribution in [1.82, 2.24) is 0 Å². The van der Waals surface area contributed by atoms with Gasteiger partial charge >= 0.3 is 0 Å². The molecule has 0 aliphatic rings. The second kappa shape index (κ2) is 4.22. The SMILES string of the molecule is COc1ccc(Cc2ccc(C)o2)cc1. The van der Waals surface area contributed by atoms with E-state index in [2.05, 4.69) is 12.1 Å². The van der Waals surface area contributed by atoms with Crippen LogP contribution in [0.5, 0.6) is 5.75 Å². The van der Waals surface area contributed by atoms with Crippen molar-refractivity contribution in [1.29, 1.82) is 0 Å². The molecule has 0 radical (unpaired) electrons. The van der Waals surface area contributed by atoms with Crippen molar-refractivity contribution >= 4 is 0 Å². The molecule has 1 aromatic heterocycles. The second-order valence-corrected chi connectivity index (χ2v) is 3.54. The third kappa shape index (κ3) is 2.40. The maximum Gasteiger partial charge on any atom is 0.118 e. The monoisotopic (exact) mass is 202 g/mol. The summed E-state index contributed by atoms with van der Waals surface area (Å²) in [5, 5.41) is 0. The number of hydrogen-bond donors (Lipinski definition) is 0. The fraction of sp³-hybridized carbons (Fsp3) is 0.231. The highest BCUT2D eigenvalue weighted by Gasteiger charge is 2.00. The molecule has 2 nitrogen and oxygen atoms in total. The topological polar surface area (TPSA) is 22.4 Å². The van der Waals surface area contributed by atoms with Gasteiger partial charge in [-0.05, 0) is 36.8 Å². The highest BCUT2D eigenvalue weighted by Crippen LogP contribution is 2.16. The molecule has 0 unspecified atom stereocenters. The molecule has 1 aromatic carbocycles. The molecular weight excluding hydrogens is 188 g/mol. The van der Waals surface area contributed by atoms with Crippen LogP contribution >= 0.6 is 0 Å². The van der Waals surface area contributed by atoms with Crippen LogP contribution in [0.1, 0.15) is 17.1 Å². The van der Waals surface area contributed by atoms with Gasteiger partial charge < -0.3 is 9.15 Å². The molecule has 2 heteroatoms. The highest BCUT2D eigenvalue weighted by molar-refractivity contribution is 5.29. The number of hydrogen-bond acceptors (Lipinski definition) is 2. The fourth-order valence-electron chi connectivity index (χ4n) is 1.52. The predicted octanol–water partition coefficient (Wildman–Crippen LogP) is 3.19. The third-order valence-corrected chi connectivity index (χ3v) is 2.33. The Kier molecular flexibility index (Phi) is 2.77. The first-order valence-corrected chi connectivity index (χ1v) is 4.96. The zero-order valence-corrected chi connectivity index (χ0v) is 8.99. The molecule has 0 aliphatic heterocycles. The van der Waals surface area contributed by atoms with Gasteiger partial charge in [-0.25, -0.2) is 0 Å². The Morgan fingerprint density at radius 2 is 1.80 bits per heavy atom. The van der Waals surface area contributed by atoms with Crippen molar-refractivity contribution in [3.63, 3.8) is 0 Å². The van der Waals surface area contributed by atoms with Gasteiger partial charge in [0, 0.05) is 6.42 Å². The quantitative estimate of drug-likeness (QED) is 0.762. The fourth-order valence-corrected chi connectivity index (χ4v) is 1.52. The Balaban J connectivity index is 2.11. The van der Waals surface area contributed by atoms with Gasteiger partial charge in [0.05, 0.1) is 7.11 Å². The smallest absolute Gasteiger partial charge is 0.118 e. The number of aryl methyl sites for hydroxylation is 1. The van der Waals surface area contributed by atoms with Crippen LogP contribution in [0.25, 0.3) is 0 Å². The van der Waals surface area contributed by atoms with Crippen LogP contribution in [0.4, 0.5) is 0 Å². The lowest BCUT2D eigenvalue weighted by Gasteiger charge is -2.01. The van der Waals surface area contributed by atoms with Gasteiger partial charge in [0.15, 0.2) is 0 Å². The van der Waals surface area contributed by atoms with Crippen LogP contribution < -0.4 is 4.74 Å². The molecule has 1 heterocycles. The van der Waals surface area contributed by atoms with Crippen LogP contribution in [0.2, 0.25) is 0 Å². The molecular formula is C13H14O2. The minimum Gasteiger partial charge on any atom is -0.497 e. The van der Waals surface area contributed by atoms with Gasteiger partial charge in [-0.2, -0.15) is 0 Å². The molecule has 0 saturated heterocycles. The number of furan rings is 1. The van der Waals surface area contributed by atoms with Crippen LogP contribution in [0.3, 0.4) is 0 Å². The molecule has 0 aliphatic carbocycles. The van der Waals surface area contributed by atoms with E-state index in [1.165, 1.54) is 5.56 Å². The number of ether oxygens (including phenoxy) is 1. The van der Waals surface area contributed by atoms with E-state index < -0.39 is 0 Å². The van der Waals surface area contributed by atoms with Crippen molar-refractivity contribution < 1.29 is 9.15 Å². The van der Waals surface area contributed by atoms with Crippen LogP contribution in [-0.4, -0.2) is 7.11 Å². The second-order valence-electron chi connectivity index (χ2n) is 3.54. The zero-order valence-electron chi connectivity index (χ0n) is 8.99. The van der Waals surface area contributed by atoms with E-state index in [9.17, 15) is 0 Å². The van der Waals surface area contributed by atoms with Crippen molar-refractivity contribution in [2.45, 2.75) is 13.3 Å². The maximum absolute atomic E-state index is 5.51. The minimum absolute atomic E-state index is 0.831. The van der Waals surface area contributed by atoms with E-state index in [0.29, 0.717) is 0 Å². The number of methoxy groups -OCH3 is 1. The first-order valence-electron chi connectivity index (χ1n) is 4.96. The van der Waals surface area contributed by atoms with Crippen molar-refractivity contribution in [3.8, 4) is 5.75 Å². The van der Waals surface area contributed by atoms with Crippen LogP contribution in [0.15, 0.2) is 40.8 Å². The van der Waals surface area contributed by atoms with E-state index in [-0.39, 0.29) is 0 Å². The largest absolute Gasteiger partial charge is 0.497 e. The van der Waals surface area contributed by atoms with E-state index in [0.717, 1.165) is 23.7 Å². The van der Waals surface area contributed by atoms with Crippen molar-refractivity contribution in [3.05, 3.63) is 53.5 Å². The molecule has 0 N–H and O–H groups in total. The third-order valence-electron chi connectivity index (χ3n) is 2.33. The summed E-state index contributed by atoms with van der Waals surface area (Å²) >= 11 is 0. The average molecular weight is 202 g/mol. The molecule has 0 fully saturated rings. The summed E-state index contributed by atoms with van der Waals surface area (Å²) in [4.78, 5) is 0. The van der Waals surface area contributed by atoms with Gasteiger partial charge in [0.1, 0.15) is 17.3 Å². The van der Waals surface area contributed by atoms with Crippen LogP contribution in [0, 0.1) is 6.92 Å². The van der Waals surface area contributed by atoms with Crippen molar-refractivity contribution in [2.24, 2.45) is 0 Å². The minimum atomic E-state index is 0.831. The van der Waals surface area contributed by atoms with Gasteiger partial charge in [-0.3, -0.25) is 0 Å². The predicted molar refractivity (Wildman–Crippen MR) is 59.2 cm³/mol. The van der Waals surface area contributed by atoms with E-state index in [1.54, 1.807) is 7.11 Å². The molecule has 2 aromatic rings. The Bertz CT molecular complexity index is 426. The summed E-state index contributed by atoms with van der Waals surface area (Å²) in [6.07, 6.45) is 0.831. The summed E-state index contributed by atoms with van der Waals surface area (Å²) in [6, 6.07) is 12.0. The lowest BCUT2D eigenvalue weighted by atomic mass is 10.1. The summed E-state index contributed by atoms with van der Waals surface area (Å²) in [7, 11) is 1.67. The Morgan fingerprint density at radius 3 is 2.33 bits per heavy atom. The molecule has 0 spiro atoms. The standard InChI is InChI=1S/C13H14O2/c1-10-3-6-13(15-10)9-11-4-7-12(14-2)8-5-11/h3-8H,9H2,1-2H3. The van der Waals surface area contributed by atoms with Gasteiger partial charge in [-0.15, -0.1) is 0 Å². The van der Waals surface area contributed by atoms with E-state index in [1.807, 2.05) is 31.2 Å². The zero-order chi connectivity index (χ0) is 10.7. The molecule has 0 bridgehead atoms. The first kappa shape index (κ1) is 9.84. The van der Waals surface area contributed by atoms with Gasteiger partial charge in [0.2, 0.25) is 0 Å². The first-order chi connectivity index (χ1) is 7.28. The molecule has 78 valence electrons. The van der Waals surface area contributed by atoms with Gasteiger partial charge in [0.25, 0.3) is 0 Å². The maximum atomic E-state index is 5.51. The molecule has 2 rings (SSSR count). The number of rotatable bonds is 3. The lowest BCUT2D eigenvalue weighted by molar-refractivity contribution is 0.414. The number of benzene rings is 1. The summed E-state index contributed by atoms with van der Waals surface area (Å²) in [6.45, 7) is 1.96. The summed E-state index contributed by atoms with van der Waals surface area (Å²) in [5.41, 5.74) is 1.23. The molecule has 15 heavy (non-hydrogen) atoms. The molecule has 0 atom stereocenters. The lowest BCUT2D eigenvalue weighted by Crippen LogP contribution is -1.87. The summed E-state index contributed by atoms with van der Waals surface area (Å²) < 4.78 is 10.6. The van der Waals surface area contributed by atoms with E-state index in [4.69, 9.17) is 9.15 Å². The Hall–Kier alpha value is -1.70. The molecule has 0 saturated carbocycles.